The SMILES string of the molecule is CC1(C)OB(B2OC(C)(C)C(C)(C)O2)OC1(C)C.Cc1c(O)cccc1Br.Cc1cccc(O)c1C. The average molecular weight is 563 g/mol. The molecule has 0 bridgehead atoms. The summed E-state index contributed by atoms with van der Waals surface area (Å²) in [7, 11) is -0.952. The lowest BCUT2D eigenvalue weighted by Gasteiger charge is -2.32. The van der Waals surface area contributed by atoms with Crippen molar-refractivity contribution in [3.8, 4) is 11.5 Å². The number of benzene rings is 2. The van der Waals surface area contributed by atoms with Gasteiger partial charge in [-0.25, -0.2) is 0 Å². The normalized spacial score (nSPS) is 20.8. The Morgan fingerprint density at radius 1 is 0.583 bits per heavy atom. The van der Waals surface area contributed by atoms with Crippen LogP contribution in [-0.4, -0.2) is 46.6 Å². The van der Waals surface area contributed by atoms with Crippen molar-refractivity contribution in [2.75, 3.05) is 0 Å². The second-order valence-electron chi connectivity index (χ2n) is 11.4. The molecule has 2 heterocycles. The van der Waals surface area contributed by atoms with E-state index in [0.29, 0.717) is 11.5 Å². The van der Waals surface area contributed by atoms with E-state index in [2.05, 4.69) is 15.9 Å². The highest BCUT2D eigenvalue weighted by atomic mass is 79.9. The van der Waals surface area contributed by atoms with Gasteiger partial charge in [0.2, 0.25) is 0 Å². The van der Waals surface area contributed by atoms with Crippen LogP contribution in [0.1, 0.15) is 72.1 Å². The molecule has 2 aromatic rings. The molecule has 198 valence electrons. The minimum absolute atomic E-state index is 0.337. The second-order valence-corrected chi connectivity index (χ2v) is 12.2. The molecule has 0 atom stereocenters. The number of hydrogen-bond donors (Lipinski definition) is 2. The molecule has 0 spiro atoms. The van der Waals surface area contributed by atoms with Crippen molar-refractivity contribution in [2.24, 2.45) is 0 Å². The van der Waals surface area contributed by atoms with E-state index in [-0.39, 0.29) is 22.4 Å². The first-order chi connectivity index (χ1) is 16.3. The smallest absolute Gasteiger partial charge is 0.488 e. The molecule has 0 saturated carbocycles. The standard InChI is InChI=1S/C12H24B2O4.C8H10O.C7H7BrO/c1-9(2)10(3,4)16-13(15-9)14-17-11(5,6)12(7,8)18-14;1-6-4-3-5-8(9)7(6)2;1-5-6(8)3-2-4-7(5)9/h1-8H3;3-5,9H,1-2H3;2-4,9H,1H3. The van der Waals surface area contributed by atoms with E-state index in [1.807, 2.05) is 94.4 Å². The van der Waals surface area contributed by atoms with E-state index in [0.717, 1.165) is 21.2 Å². The third-order valence-electron chi connectivity index (χ3n) is 7.58. The fraction of sp³-hybridized carbons (Fsp3) is 0.556. The predicted molar refractivity (Wildman–Crippen MR) is 150 cm³/mol. The third kappa shape index (κ3) is 6.87. The molecule has 0 amide bonds. The minimum Gasteiger partial charge on any atom is -0.508 e. The van der Waals surface area contributed by atoms with Gasteiger partial charge < -0.3 is 28.8 Å². The fourth-order valence-electron chi connectivity index (χ4n) is 3.33. The van der Waals surface area contributed by atoms with E-state index < -0.39 is 14.0 Å². The van der Waals surface area contributed by atoms with Gasteiger partial charge in [0.05, 0.1) is 22.4 Å². The Kier molecular flexibility index (Phi) is 9.45. The molecule has 0 unspecified atom stereocenters. The number of phenolic OH excluding ortho intramolecular Hbond substituents is 2. The molecule has 2 aliphatic heterocycles. The minimum atomic E-state index is -0.476. The molecule has 2 aliphatic rings. The van der Waals surface area contributed by atoms with Gasteiger partial charge in [-0.05, 0) is 105 Å². The molecule has 0 aromatic heterocycles. The zero-order valence-electron chi connectivity index (χ0n) is 23.5. The van der Waals surface area contributed by atoms with Gasteiger partial charge in [-0.1, -0.05) is 34.1 Å². The first kappa shape index (κ1) is 30.7. The summed E-state index contributed by atoms with van der Waals surface area (Å²) in [5.74, 6) is 0.722. The maximum absolute atomic E-state index is 9.10. The van der Waals surface area contributed by atoms with Crippen LogP contribution in [0.2, 0.25) is 0 Å². The van der Waals surface area contributed by atoms with Crippen LogP contribution in [0, 0.1) is 20.8 Å². The maximum Gasteiger partial charge on any atom is 0.488 e. The van der Waals surface area contributed by atoms with Crippen molar-refractivity contribution in [1.82, 2.24) is 0 Å². The molecule has 2 N–H and O–H groups in total. The van der Waals surface area contributed by atoms with Crippen LogP contribution in [0.3, 0.4) is 0 Å². The fourth-order valence-corrected chi connectivity index (χ4v) is 3.69. The van der Waals surface area contributed by atoms with Crippen LogP contribution < -0.4 is 0 Å². The first-order valence-corrected chi connectivity index (χ1v) is 13.0. The van der Waals surface area contributed by atoms with Gasteiger partial charge in [0.15, 0.2) is 0 Å². The van der Waals surface area contributed by atoms with Crippen molar-refractivity contribution >= 4 is 29.9 Å². The Balaban J connectivity index is 0.000000212. The van der Waals surface area contributed by atoms with Gasteiger partial charge in [-0.15, -0.1) is 0 Å². The molecule has 0 radical (unpaired) electrons. The molecule has 2 aromatic carbocycles. The molecule has 0 aliphatic carbocycles. The van der Waals surface area contributed by atoms with E-state index in [1.165, 1.54) is 0 Å². The quantitative estimate of drug-likeness (QED) is 0.376. The number of hydrogen-bond acceptors (Lipinski definition) is 6. The van der Waals surface area contributed by atoms with Crippen LogP contribution in [-0.2, 0) is 18.6 Å². The van der Waals surface area contributed by atoms with E-state index in [4.69, 9.17) is 28.8 Å². The first-order valence-electron chi connectivity index (χ1n) is 12.2. The second kappa shape index (κ2) is 11.1. The van der Waals surface area contributed by atoms with E-state index in [9.17, 15) is 0 Å². The molecule has 2 saturated heterocycles. The number of phenols is 2. The highest BCUT2D eigenvalue weighted by Gasteiger charge is 2.63. The molecule has 9 heteroatoms. The Bertz CT molecular complexity index is 899. The summed E-state index contributed by atoms with van der Waals surface area (Å²) in [6.45, 7) is 22.0. The molecule has 4 rings (SSSR count). The van der Waals surface area contributed by atoms with Crippen molar-refractivity contribution in [1.29, 1.82) is 0 Å². The highest BCUT2D eigenvalue weighted by Crippen LogP contribution is 2.42. The number of rotatable bonds is 1. The lowest BCUT2D eigenvalue weighted by Crippen LogP contribution is -2.41. The highest BCUT2D eigenvalue weighted by molar-refractivity contribution is 9.10. The molecular formula is C27H41B2BrO6. The Morgan fingerprint density at radius 3 is 1.19 bits per heavy atom. The van der Waals surface area contributed by atoms with Gasteiger partial charge in [-0.2, -0.15) is 0 Å². The molecule has 36 heavy (non-hydrogen) atoms. The summed E-state index contributed by atoms with van der Waals surface area (Å²) in [4.78, 5) is 0. The summed E-state index contributed by atoms with van der Waals surface area (Å²) in [6, 6.07) is 10.9. The predicted octanol–water partition coefficient (Wildman–Crippen LogP) is 6.72. The number of aryl methyl sites for hydroxylation is 1. The topological polar surface area (TPSA) is 77.4 Å². The molecular weight excluding hydrogens is 522 g/mol. The maximum atomic E-state index is 9.10. The summed E-state index contributed by atoms with van der Waals surface area (Å²) in [6.07, 6.45) is 0. The van der Waals surface area contributed by atoms with Gasteiger partial charge in [0.25, 0.3) is 0 Å². The Labute approximate surface area is 226 Å². The van der Waals surface area contributed by atoms with Gasteiger partial charge in [-0.3, -0.25) is 0 Å². The van der Waals surface area contributed by atoms with Gasteiger partial charge in [0.1, 0.15) is 11.5 Å². The number of aromatic hydroxyl groups is 2. The molecule has 6 nitrogen and oxygen atoms in total. The Hall–Kier alpha value is -1.51. The van der Waals surface area contributed by atoms with Crippen molar-refractivity contribution in [2.45, 2.75) is 98.6 Å². The summed E-state index contributed by atoms with van der Waals surface area (Å²) in [5, 5.41) is 18.2. The van der Waals surface area contributed by atoms with Crippen LogP contribution >= 0.6 is 15.9 Å². The van der Waals surface area contributed by atoms with Crippen LogP contribution in [0.15, 0.2) is 40.9 Å². The summed E-state index contributed by atoms with van der Waals surface area (Å²) in [5.41, 5.74) is 1.55. The zero-order chi connectivity index (χ0) is 27.7. The molecule has 2 fully saturated rings. The number of halogens is 1. The van der Waals surface area contributed by atoms with Gasteiger partial charge >= 0.3 is 14.0 Å². The lowest BCUT2D eigenvalue weighted by molar-refractivity contribution is 0.00578. The monoisotopic (exact) mass is 562 g/mol. The van der Waals surface area contributed by atoms with E-state index in [1.54, 1.807) is 18.2 Å². The lowest BCUT2D eigenvalue weighted by atomic mass is 9.49. The van der Waals surface area contributed by atoms with Gasteiger partial charge in [0, 0.05) is 10.0 Å². The zero-order valence-corrected chi connectivity index (χ0v) is 25.1. The summed E-state index contributed by atoms with van der Waals surface area (Å²) >= 11 is 3.29. The summed E-state index contributed by atoms with van der Waals surface area (Å²) < 4.78 is 24.8. The van der Waals surface area contributed by atoms with Crippen LogP contribution in [0.25, 0.3) is 0 Å². The third-order valence-corrected chi connectivity index (χ3v) is 8.44. The van der Waals surface area contributed by atoms with E-state index >= 15 is 0 Å². The average Bonchev–Trinajstić information content (AvgIpc) is 3.11. The largest absolute Gasteiger partial charge is 0.508 e. The van der Waals surface area contributed by atoms with Crippen LogP contribution in [0.5, 0.6) is 11.5 Å². The Morgan fingerprint density at radius 2 is 0.917 bits per heavy atom. The van der Waals surface area contributed by atoms with Crippen LogP contribution in [0.4, 0.5) is 0 Å². The van der Waals surface area contributed by atoms with Crippen molar-refractivity contribution in [3.05, 3.63) is 57.6 Å². The van der Waals surface area contributed by atoms with Crippen molar-refractivity contribution < 1.29 is 28.8 Å². The van der Waals surface area contributed by atoms with Crippen molar-refractivity contribution in [3.63, 3.8) is 0 Å².